The van der Waals surface area contributed by atoms with Crippen LogP contribution in [0.2, 0.25) is 0 Å². The van der Waals surface area contributed by atoms with E-state index < -0.39 is 0 Å². The monoisotopic (exact) mass is 310 g/mol. The van der Waals surface area contributed by atoms with Crippen molar-refractivity contribution in [2.75, 3.05) is 63.8 Å². The van der Waals surface area contributed by atoms with Gasteiger partial charge in [0.1, 0.15) is 0 Å². The zero-order valence-corrected chi connectivity index (χ0v) is 13.1. The fourth-order valence-electron chi connectivity index (χ4n) is 0.801. The highest BCUT2D eigenvalue weighted by molar-refractivity contribution is 6.18. The Balaban J connectivity index is 0. The van der Waals surface area contributed by atoms with Gasteiger partial charge in [-0.3, -0.25) is 0 Å². The summed E-state index contributed by atoms with van der Waals surface area (Å²) in [5.74, 6) is 2.75. The number of hydrogen-bond donors (Lipinski definition) is 0. The Hall–Kier alpha value is 1.08. The maximum Gasteiger partial charge on any atom is 0.0351 e. The van der Waals surface area contributed by atoms with E-state index in [0.29, 0.717) is 23.5 Å². The molecule has 0 aliphatic rings. The fourth-order valence-corrected chi connectivity index (χ4v) is 1.95. The van der Waals surface area contributed by atoms with Gasteiger partial charge in [-0.15, -0.1) is 46.4 Å². The Kier molecular flexibility index (Phi) is 19.5. The van der Waals surface area contributed by atoms with Crippen molar-refractivity contribution in [1.29, 1.82) is 0 Å². The molecule has 0 heterocycles. The third-order valence-corrected chi connectivity index (χ3v) is 2.54. The summed E-state index contributed by atoms with van der Waals surface area (Å²) in [6.07, 6.45) is 0. The van der Waals surface area contributed by atoms with E-state index in [1.165, 1.54) is 0 Å². The Morgan fingerprint density at radius 2 is 0.750 bits per heavy atom. The molecule has 0 aliphatic carbocycles. The maximum atomic E-state index is 5.45. The van der Waals surface area contributed by atoms with Crippen LogP contribution in [0.1, 0.15) is 0 Å². The number of rotatable bonds is 8. The first-order valence-electron chi connectivity index (χ1n) is 5.23. The summed E-state index contributed by atoms with van der Waals surface area (Å²) in [7, 11) is 4.01. The SMILES string of the molecule is CN(CCCl)CCCl.CN(CCCl)CCCl. The van der Waals surface area contributed by atoms with Gasteiger partial charge < -0.3 is 9.80 Å². The van der Waals surface area contributed by atoms with Gasteiger partial charge in [-0.2, -0.15) is 0 Å². The number of halogens is 4. The lowest BCUT2D eigenvalue weighted by Crippen LogP contribution is -2.22. The average molecular weight is 312 g/mol. The second-order valence-electron chi connectivity index (χ2n) is 3.36. The molecule has 0 N–H and O–H groups in total. The zero-order chi connectivity index (χ0) is 12.8. The Labute approximate surface area is 120 Å². The first-order chi connectivity index (χ1) is 7.62. The summed E-state index contributed by atoms with van der Waals surface area (Å²) in [5.41, 5.74) is 0. The minimum atomic E-state index is 0.688. The van der Waals surface area contributed by atoms with Gasteiger partial charge in [-0.1, -0.05) is 0 Å². The van der Waals surface area contributed by atoms with Crippen LogP contribution in [-0.2, 0) is 0 Å². The lowest BCUT2D eigenvalue weighted by Gasteiger charge is -2.11. The third-order valence-electron chi connectivity index (χ3n) is 1.86. The van der Waals surface area contributed by atoms with Crippen LogP contribution in [0.5, 0.6) is 0 Å². The number of alkyl halides is 4. The summed E-state index contributed by atoms with van der Waals surface area (Å²) < 4.78 is 0. The molecule has 0 saturated heterocycles. The highest BCUT2D eigenvalue weighted by atomic mass is 35.5. The minimum absolute atomic E-state index is 0.688. The predicted molar refractivity (Wildman–Crippen MR) is 77.9 cm³/mol. The van der Waals surface area contributed by atoms with Gasteiger partial charge in [0.15, 0.2) is 0 Å². The summed E-state index contributed by atoms with van der Waals surface area (Å²) >= 11 is 21.8. The van der Waals surface area contributed by atoms with E-state index in [1.807, 2.05) is 14.1 Å². The normalized spacial score (nSPS) is 10.5. The van der Waals surface area contributed by atoms with Crippen molar-refractivity contribution in [3.8, 4) is 0 Å². The minimum Gasteiger partial charge on any atom is -0.304 e. The summed E-state index contributed by atoms with van der Waals surface area (Å²) in [5, 5.41) is 0. The van der Waals surface area contributed by atoms with Crippen molar-refractivity contribution < 1.29 is 0 Å². The summed E-state index contributed by atoms with van der Waals surface area (Å²) in [6, 6.07) is 0. The topological polar surface area (TPSA) is 6.48 Å². The van der Waals surface area contributed by atoms with E-state index >= 15 is 0 Å². The predicted octanol–water partition coefficient (Wildman–Crippen LogP) is 2.79. The van der Waals surface area contributed by atoms with Crippen molar-refractivity contribution in [3.63, 3.8) is 0 Å². The van der Waals surface area contributed by atoms with Crippen LogP contribution in [-0.4, -0.2) is 73.6 Å². The molecule has 0 amide bonds. The van der Waals surface area contributed by atoms with Gasteiger partial charge >= 0.3 is 0 Å². The van der Waals surface area contributed by atoms with Crippen molar-refractivity contribution in [2.45, 2.75) is 0 Å². The van der Waals surface area contributed by atoms with Crippen LogP contribution in [0.15, 0.2) is 0 Å². The van der Waals surface area contributed by atoms with Crippen LogP contribution >= 0.6 is 46.4 Å². The van der Waals surface area contributed by atoms with Gasteiger partial charge in [-0.05, 0) is 14.1 Å². The lowest BCUT2D eigenvalue weighted by atomic mass is 10.6. The molecule has 0 unspecified atom stereocenters. The van der Waals surface area contributed by atoms with Gasteiger partial charge in [0.2, 0.25) is 0 Å². The van der Waals surface area contributed by atoms with E-state index in [4.69, 9.17) is 46.4 Å². The molecule has 2 nitrogen and oxygen atoms in total. The molecule has 6 heteroatoms. The molecule has 0 fully saturated rings. The molecule has 0 radical (unpaired) electrons. The average Bonchev–Trinajstić information content (AvgIpc) is 2.20. The first-order valence-corrected chi connectivity index (χ1v) is 7.37. The summed E-state index contributed by atoms with van der Waals surface area (Å²) in [6.45, 7) is 3.70. The van der Waals surface area contributed by atoms with E-state index in [0.717, 1.165) is 26.2 Å². The van der Waals surface area contributed by atoms with Crippen molar-refractivity contribution in [3.05, 3.63) is 0 Å². The second-order valence-corrected chi connectivity index (χ2v) is 4.87. The maximum absolute atomic E-state index is 5.45. The Morgan fingerprint density at radius 3 is 0.875 bits per heavy atom. The third kappa shape index (κ3) is 17.5. The van der Waals surface area contributed by atoms with E-state index in [9.17, 15) is 0 Å². The molecule has 0 spiro atoms. The van der Waals surface area contributed by atoms with E-state index in [-0.39, 0.29) is 0 Å². The Bertz CT molecular complexity index is 101. The molecule has 16 heavy (non-hydrogen) atoms. The highest BCUT2D eigenvalue weighted by Gasteiger charge is 1.92. The van der Waals surface area contributed by atoms with Gasteiger partial charge in [0.25, 0.3) is 0 Å². The van der Waals surface area contributed by atoms with Crippen LogP contribution in [0.4, 0.5) is 0 Å². The van der Waals surface area contributed by atoms with Crippen LogP contribution in [0, 0.1) is 0 Å². The fraction of sp³-hybridized carbons (Fsp3) is 1.00. The lowest BCUT2D eigenvalue weighted by molar-refractivity contribution is 0.378. The number of hydrogen-bond acceptors (Lipinski definition) is 2. The molecule has 0 aliphatic heterocycles. The molecule has 0 aromatic carbocycles. The number of nitrogens with zero attached hydrogens (tertiary/aromatic N) is 2. The summed E-state index contributed by atoms with van der Waals surface area (Å²) in [4.78, 5) is 4.19. The molecule has 0 rings (SSSR count). The molecule has 100 valence electrons. The molecule has 0 bridgehead atoms. The second kappa shape index (κ2) is 16.1. The Morgan fingerprint density at radius 1 is 0.562 bits per heavy atom. The van der Waals surface area contributed by atoms with Crippen molar-refractivity contribution >= 4 is 46.4 Å². The van der Waals surface area contributed by atoms with E-state index in [2.05, 4.69) is 9.80 Å². The van der Waals surface area contributed by atoms with Gasteiger partial charge in [-0.25, -0.2) is 0 Å². The standard InChI is InChI=1S/2C5H11Cl2N/c2*1-8(4-2-6)5-3-7/h2*2-5H2,1H3. The molecule has 0 aromatic heterocycles. The molecule has 0 atom stereocenters. The van der Waals surface area contributed by atoms with Crippen molar-refractivity contribution in [1.82, 2.24) is 9.80 Å². The highest BCUT2D eigenvalue weighted by Crippen LogP contribution is 1.85. The molecule has 0 saturated carbocycles. The quantitative estimate of drug-likeness (QED) is 0.636. The van der Waals surface area contributed by atoms with Crippen LogP contribution in [0.3, 0.4) is 0 Å². The van der Waals surface area contributed by atoms with Gasteiger partial charge in [0.05, 0.1) is 0 Å². The first kappa shape index (κ1) is 19.4. The molecule has 0 aromatic rings. The molecular formula is C10H22Cl4N2. The zero-order valence-electron chi connectivity index (χ0n) is 10.1. The van der Waals surface area contributed by atoms with Crippen LogP contribution in [0.25, 0.3) is 0 Å². The molecular weight excluding hydrogens is 290 g/mol. The smallest absolute Gasteiger partial charge is 0.0351 e. The van der Waals surface area contributed by atoms with E-state index in [1.54, 1.807) is 0 Å². The van der Waals surface area contributed by atoms with Crippen molar-refractivity contribution in [2.24, 2.45) is 0 Å². The van der Waals surface area contributed by atoms with Gasteiger partial charge in [0, 0.05) is 49.7 Å². The largest absolute Gasteiger partial charge is 0.304 e. The van der Waals surface area contributed by atoms with Crippen LogP contribution < -0.4 is 0 Å².